The van der Waals surface area contributed by atoms with Crippen molar-refractivity contribution in [3.63, 3.8) is 0 Å². The quantitative estimate of drug-likeness (QED) is 0.731. The number of rotatable bonds is 7. The van der Waals surface area contributed by atoms with Crippen molar-refractivity contribution in [2.45, 2.75) is 50.3 Å². The van der Waals surface area contributed by atoms with Crippen LogP contribution in [0.4, 0.5) is 0 Å². The first kappa shape index (κ1) is 18.7. The van der Waals surface area contributed by atoms with Crippen molar-refractivity contribution in [1.82, 2.24) is 5.32 Å². The van der Waals surface area contributed by atoms with Gasteiger partial charge in [-0.05, 0) is 43.0 Å². The summed E-state index contributed by atoms with van der Waals surface area (Å²) >= 11 is 0. The van der Waals surface area contributed by atoms with Gasteiger partial charge in [0.05, 0.1) is 11.4 Å². The van der Waals surface area contributed by atoms with E-state index in [0.717, 1.165) is 31.2 Å². The van der Waals surface area contributed by atoms with Crippen LogP contribution in [0.5, 0.6) is 5.75 Å². The van der Waals surface area contributed by atoms with Crippen LogP contribution in [0.3, 0.4) is 0 Å². The standard InChI is InChI=1S/C17H26N2O4S/c1-2-13-12-15(24(18,21)22)8-9-16(13)23-11-10-19-17(20)14-6-4-3-5-7-14/h8-9,12,14H,2-7,10-11H2,1H3,(H,19,20)(H2,18,21,22). The van der Waals surface area contributed by atoms with Crippen LogP contribution >= 0.6 is 0 Å². The highest BCUT2D eigenvalue weighted by atomic mass is 32.2. The summed E-state index contributed by atoms with van der Waals surface area (Å²) in [5.41, 5.74) is 0.778. The van der Waals surface area contributed by atoms with Crippen LogP contribution in [-0.4, -0.2) is 27.5 Å². The van der Waals surface area contributed by atoms with Crippen LogP contribution in [0.15, 0.2) is 23.1 Å². The van der Waals surface area contributed by atoms with E-state index in [0.29, 0.717) is 25.3 Å². The SMILES string of the molecule is CCc1cc(S(N)(=O)=O)ccc1OCCNC(=O)C1CCCCC1. The molecule has 1 aromatic rings. The van der Waals surface area contributed by atoms with E-state index in [2.05, 4.69) is 5.32 Å². The molecule has 0 bridgehead atoms. The summed E-state index contributed by atoms with van der Waals surface area (Å²) in [6, 6.07) is 4.58. The van der Waals surface area contributed by atoms with E-state index in [-0.39, 0.29) is 16.7 Å². The largest absolute Gasteiger partial charge is 0.491 e. The van der Waals surface area contributed by atoms with Crippen molar-refractivity contribution in [2.24, 2.45) is 11.1 Å². The molecule has 134 valence electrons. The van der Waals surface area contributed by atoms with Crippen LogP contribution in [0, 0.1) is 5.92 Å². The minimum atomic E-state index is -3.71. The maximum atomic E-state index is 12.0. The number of carbonyl (C=O) groups excluding carboxylic acids is 1. The van der Waals surface area contributed by atoms with Gasteiger partial charge in [0.2, 0.25) is 15.9 Å². The molecule has 1 saturated carbocycles. The Balaban J connectivity index is 1.84. The molecule has 6 nitrogen and oxygen atoms in total. The fourth-order valence-corrected chi connectivity index (χ4v) is 3.56. The van der Waals surface area contributed by atoms with Gasteiger partial charge < -0.3 is 10.1 Å². The first-order valence-corrected chi connectivity index (χ1v) is 10.0. The van der Waals surface area contributed by atoms with Gasteiger partial charge in [-0.3, -0.25) is 4.79 Å². The summed E-state index contributed by atoms with van der Waals surface area (Å²) in [5, 5.41) is 8.06. The van der Waals surface area contributed by atoms with Gasteiger partial charge in [0.1, 0.15) is 12.4 Å². The number of amides is 1. The van der Waals surface area contributed by atoms with Crippen LogP contribution in [0.2, 0.25) is 0 Å². The van der Waals surface area contributed by atoms with Gasteiger partial charge in [-0.15, -0.1) is 0 Å². The number of hydrogen-bond acceptors (Lipinski definition) is 4. The van der Waals surface area contributed by atoms with Crippen LogP contribution < -0.4 is 15.2 Å². The van der Waals surface area contributed by atoms with Gasteiger partial charge in [0, 0.05) is 5.92 Å². The van der Waals surface area contributed by atoms with Crippen molar-refractivity contribution >= 4 is 15.9 Å². The molecule has 0 spiro atoms. The van der Waals surface area contributed by atoms with Crippen molar-refractivity contribution in [1.29, 1.82) is 0 Å². The van der Waals surface area contributed by atoms with E-state index >= 15 is 0 Å². The second kappa shape index (κ2) is 8.48. The zero-order chi connectivity index (χ0) is 17.6. The number of primary sulfonamides is 1. The molecule has 0 saturated heterocycles. The molecule has 7 heteroatoms. The summed E-state index contributed by atoms with van der Waals surface area (Å²) < 4.78 is 28.5. The lowest BCUT2D eigenvalue weighted by Gasteiger charge is -2.20. The van der Waals surface area contributed by atoms with E-state index < -0.39 is 10.0 Å². The molecule has 1 fully saturated rings. The number of hydrogen-bond donors (Lipinski definition) is 2. The lowest BCUT2D eigenvalue weighted by atomic mass is 9.89. The Bertz CT molecular complexity index is 667. The van der Waals surface area contributed by atoms with Crippen LogP contribution in [0.25, 0.3) is 0 Å². The van der Waals surface area contributed by atoms with E-state index in [1.807, 2.05) is 6.92 Å². The Labute approximate surface area is 143 Å². The molecule has 1 aliphatic carbocycles. The highest BCUT2D eigenvalue weighted by Crippen LogP contribution is 2.24. The van der Waals surface area contributed by atoms with E-state index in [1.165, 1.54) is 18.6 Å². The molecule has 2 rings (SSSR count). The first-order chi connectivity index (χ1) is 11.4. The Kier molecular flexibility index (Phi) is 6.62. The van der Waals surface area contributed by atoms with Crippen molar-refractivity contribution < 1.29 is 17.9 Å². The molecule has 0 aliphatic heterocycles. The molecule has 0 atom stereocenters. The maximum Gasteiger partial charge on any atom is 0.238 e. The fourth-order valence-electron chi connectivity index (χ4n) is 2.99. The summed E-state index contributed by atoms with van der Waals surface area (Å²) in [7, 11) is -3.71. The Morgan fingerprint density at radius 2 is 2.00 bits per heavy atom. The average Bonchev–Trinajstić information content (AvgIpc) is 2.58. The predicted molar refractivity (Wildman–Crippen MR) is 92.3 cm³/mol. The highest BCUT2D eigenvalue weighted by Gasteiger charge is 2.20. The summed E-state index contributed by atoms with van der Waals surface area (Å²) in [4.78, 5) is 12.1. The molecule has 0 heterocycles. The normalized spacial score (nSPS) is 15.9. The zero-order valence-corrected chi connectivity index (χ0v) is 14.9. The zero-order valence-electron chi connectivity index (χ0n) is 14.1. The monoisotopic (exact) mass is 354 g/mol. The second-order valence-corrected chi connectivity index (χ2v) is 7.70. The van der Waals surface area contributed by atoms with Gasteiger partial charge in [-0.1, -0.05) is 26.2 Å². The molecule has 1 amide bonds. The number of nitrogens with one attached hydrogen (secondary N) is 1. The molecule has 0 radical (unpaired) electrons. The smallest absolute Gasteiger partial charge is 0.238 e. The second-order valence-electron chi connectivity index (χ2n) is 6.14. The van der Waals surface area contributed by atoms with E-state index in [9.17, 15) is 13.2 Å². The minimum absolute atomic E-state index is 0.0808. The Hall–Kier alpha value is -1.60. The first-order valence-electron chi connectivity index (χ1n) is 8.48. The number of sulfonamides is 1. The Morgan fingerprint density at radius 3 is 2.62 bits per heavy atom. The third-order valence-electron chi connectivity index (χ3n) is 4.38. The molecule has 0 unspecified atom stereocenters. The number of benzene rings is 1. The van der Waals surface area contributed by atoms with Gasteiger partial charge in [0.15, 0.2) is 0 Å². The fraction of sp³-hybridized carbons (Fsp3) is 0.588. The van der Waals surface area contributed by atoms with Crippen LogP contribution in [0.1, 0.15) is 44.6 Å². The van der Waals surface area contributed by atoms with Crippen molar-refractivity contribution in [3.8, 4) is 5.75 Å². The number of carbonyl (C=O) groups is 1. The summed E-state index contributed by atoms with van der Waals surface area (Å²) in [6.45, 7) is 2.70. The van der Waals surface area contributed by atoms with Crippen molar-refractivity contribution in [2.75, 3.05) is 13.2 Å². The summed E-state index contributed by atoms with van der Waals surface area (Å²) in [6.07, 6.45) is 6.06. The molecule has 24 heavy (non-hydrogen) atoms. The molecular formula is C17H26N2O4S. The number of nitrogens with two attached hydrogens (primary N) is 1. The highest BCUT2D eigenvalue weighted by molar-refractivity contribution is 7.89. The van der Waals surface area contributed by atoms with Gasteiger partial charge in [0.25, 0.3) is 0 Å². The molecular weight excluding hydrogens is 328 g/mol. The van der Waals surface area contributed by atoms with Gasteiger partial charge in [-0.25, -0.2) is 13.6 Å². The lowest BCUT2D eigenvalue weighted by Crippen LogP contribution is -2.34. The number of aryl methyl sites for hydroxylation is 1. The van der Waals surface area contributed by atoms with E-state index in [4.69, 9.17) is 9.88 Å². The third-order valence-corrected chi connectivity index (χ3v) is 5.29. The lowest BCUT2D eigenvalue weighted by molar-refractivity contribution is -0.126. The third kappa shape index (κ3) is 5.21. The maximum absolute atomic E-state index is 12.0. The predicted octanol–water partition coefficient (Wildman–Crippen LogP) is 1.97. The molecule has 3 N–H and O–H groups in total. The minimum Gasteiger partial charge on any atom is -0.491 e. The molecule has 1 aromatic carbocycles. The molecule has 1 aliphatic rings. The van der Waals surface area contributed by atoms with Crippen molar-refractivity contribution in [3.05, 3.63) is 23.8 Å². The topological polar surface area (TPSA) is 98.5 Å². The average molecular weight is 354 g/mol. The van der Waals surface area contributed by atoms with Gasteiger partial charge in [-0.2, -0.15) is 0 Å². The molecule has 0 aromatic heterocycles. The number of ether oxygens (including phenoxy) is 1. The summed E-state index contributed by atoms with van der Waals surface area (Å²) in [5.74, 6) is 0.870. The Morgan fingerprint density at radius 1 is 1.29 bits per heavy atom. The van der Waals surface area contributed by atoms with Crippen LogP contribution in [-0.2, 0) is 21.2 Å². The van der Waals surface area contributed by atoms with E-state index in [1.54, 1.807) is 6.07 Å². The van der Waals surface area contributed by atoms with Gasteiger partial charge >= 0.3 is 0 Å².